The van der Waals surface area contributed by atoms with Crippen molar-refractivity contribution in [3.8, 4) is 0 Å². The molecule has 1 atom stereocenters. The topological polar surface area (TPSA) is 33.1 Å². The van der Waals surface area contributed by atoms with Crippen molar-refractivity contribution in [3.05, 3.63) is 29.6 Å². The van der Waals surface area contributed by atoms with E-state index in [0.717, 1.165) is 30.7 Å². The number of aliphatic hydroxyl groups is 1. The van der Waals surface area contributed by atoms with E-state index in [0.29, 0.717) is 6.42 Å². The van der Waals surface area contributed by atoms with E-state index in [1.807, 2.05) is 24.0 Å². The van der Waals surface area contributed by atoms with Gasteiger partial charge < -0.3 is 5.11 Å². The molecule has 0 saturated carbocycles. The minimum absolute atomic E-state index is 0.243. The van der Waals surface area contributed by atoms with Gasteiger partial charge in [0, 0.05) is 18.3 Å². The average Bonchev–Trinajstić information content (AvgIpc) is 2.30. The summed E-state index contributed by atoms with van der Waals surface area (Å²) in [5, 5.41) is 9.81. The molecule has 0 amide bonds. The van der Waals surface area contributed by atoms with E-state index >= 15 is 0 Å². The zero-order valence-corrected chi connectivity index (χ0v) is 11.0. The second-order valence-electron chi connectivity index (χ2n) is 4.00. The number of hydrogen-bond donors (Lipinski definition) is 1. The lowest BCUT2D eigenvalue weighted by molar-refractivity contribution is 0.163. The Kier molecular flexibility index (Phi) is 6.50. The number of rotatable bonds is 7. The Bertz CT molecular complexity index is 286. The van der Waals surface area contributed by atoms with Gasteiger partial charge in [-0.1, -0.05) is 13.0 Å². The van der Waals surface area contributed by atoms with Crippen LogP contribution in [0.1, 0.15) is 31.0 Å². The molecule has 1 unspecified atom stereocenters. The highest BCUT2D eigenvalue weighted by molar-refractivity contribution is 7.98. The first-order valence-electron chi connectivity index (χ1n) is 5.87. The zero-order chi connectivity index (χ0) is 11.8. The first-order chi connectivity index (χ1) is 7.76. The van der Waals surface area contributed by atoms with Crippen molar-refractivity contribution in [1.29, 1.82) is 0 Å². The molecule has 2 nitrogen and oxygen atoms in total. The third kappa shape index (κ3) is 4.99. The molecule has 3 heteroatoms. The van der Waals surface area contributed by atoms with Crippen molar-refractivity contribution >= 4 is 11.8 Å². The third-order valence-electron chi connectivity index (χ3n) is 2.62. The summed E-state index contributed by atoms with van der Waals surface area (Å²) in [6.07, 6.45) is 7.41. The lowest BCUT2D eigenvalue weighted by atomic mass is 10.1. The molecule has 90 valence electrons. The number of hydrogen-bond acceptors (Lipinski definition) is 3. The molecule has 0 fully saturated rings. The van der Waals surface area contributed by atoms with Crippen LogP contribution in [-0.4, -0.2) is 28.2 Å². The molecule has 0 aliphatic heterocycles. The number of nitrogens with zero attached hydrogens (tertiary/aromatic N) is 1. The monoisotopic (exact) mass is 239 g/mol. The quantitative estimate of drug-likeness (QED) is 0.743. The van der Waals surface area contributed by atoms with Gasteiger partial charge in [0.05, 0.1) is 6.10 Å². The Morgan fingerprint density at radius 3 is 2.81 bits per heavy atom. The fraction of sp³-hybridized carbons (Fsp3) is 0.615. The van der Waals surface area contributed by atoms with E-state index in [4.69, 9.17) is 0 Å². The van der Waals surface area contributed by atoms with E-state index in [2.05, 4.69) is 24.2 Å². The van der Waals surface area contributed by atoms with Gasteiger partial charge in [-0.15, -0.1) is 0 Å². The average molecular weight is 239 g/mol. The lowest BCUT2D eigenvalue weighted by Crippen LogP contribution is -2.11. The summed E-state index contributed by atoms with van der Waals surface area (Å²) in [5.41, 5.74) is 2.24. The molecular formula is C13H21NOS. The molecule has 1 rings (SSSR count). The van der Waals surface area contributed by atoms with E-state index in [9.17, 15) is 5.11 Å². The first kappa shape index (κ1) is 13.5. The largest absolute Gasteiger partial charge is 0.393 e. The summed E-state index contributed by atoms with van der Waals surface area (Å²) in [6.45, 7) is 2.12. The summed E-state index contributed by atoms with van der Waals surface area (Å²) in [6, 6.07) is 4.12. The first-order valence-corrected chi connectivity index (χ1v) is 7.26. The van der Waals surface area contributed by atoms with Crippen LogP contribution in [0.2, 0.25) is 0 Å². The number of thioether (sulfide) groups is 1. The Labute approximate surface area is 102 Å². The van der Waals surface area contributed by atoms with Crippen molar-refractivity contribution in [2.24, 2.45) is 0 Å². The van der Waals surface area contributed by atoms with E-state index in [-0.39, 0.29) is 6.10 Å². The van der Waals surface area contributed by atoms with Gasteiger partial charge in [0.2, 0.25) is 0 Å². The number of pyridine rings is 1. The van der Waals surface area contributed by atoms with Gasteiger partial charge in [-0.25, -0.2) is 0 Å². The minimum Gasteiger partial charge on any atom is -0.393 e. The number of aryl methyl sites for hydroxylation is 1. The molecule has 16 heavy (non-hydrogen) atoms. The second kappa shape index (κ2) is 7.69. The van der Waals surface area contributed by atoms with Gasteiger partial charge in [-0.05, 0) is 42.9 Å². The third-order valence-corrected chi connectivity index (χ3v) is 3.32. The maximum atomic E-state index is 9.81. The summed E-state index contributed by atoms with van der Waals surface area (Å²) in [4.78, 5) is 4.35. The Balaban J connectivity index is 2.34. The standard InChI is InChI=1S/C13H21NOS/c1-3-11-6-7-12(14-10-11)9-13(15)5-4-8-16-2/h6-7,10,13,15H,3-5,8-9H2,1-2H3. The minimum atomic E-state index is -0.243. The molecule has 0 aliphatic rings. The van der Waals surface area contributed by atoms with E-state index < -0.39 is 0 Å². The van der Waals surface area contributed by atoms with Crippen LogP contribution in [0.15, 0.2) is 18.3 Å². The highest BCUT2D eigenvalue weighted by atomic mass is 32.2. The zero-order valence-electron chi connectivity index (χ0n) is 10.1. The van der Waals surface area contributed by atoms with Crippen LogP contribution >= 0.6 is 11.8 Å². The predicted molar refractivity (Wildman–Crippen MR) is 70.9 cm³/mol. The van der Waals surface area contributed by atoms with Gasteiger partial charge in [-0.3, -0.25) is 4.98 Å². The normalized spacial score (nSPS) is 12.7. The highest BCUT2D eigenvalue weighted by Gasteiger charge is 2.06. The Hall–Kier alpha value is -0.540. The van der Waals surface area contributed by atoms with Crippen LogP contribution in [-0.2, 0) is 12.8 Å². The second-order valence-corrected chi connectivity index (χ2v) is 4.99. The maximum absolute atomic E-state index is 9.81. The SMILES string of the molecule is CCc1ccc(CC(O)CCCSC)nc1. The summed E-state index contributed by atoms with van der Waals surface area (Å²) in [5.74, 6) is 1.12. The van der Waals surface area contributed by atoms with Crippen molar-refractivity contribution in [2.45, 2.75) is 38.7 Å². The van der Waals surface area contributed by atoms with Gasteiger partial charge in [0.15, 0.2) is 0 Å². The van der Waals surface area contributed by atoms with Crippen molar-refractivity contribution < 1.29 is 5.11 Å². The molecule has 0 aromatic carbocycles. The van der Waals surface area contributed by atoms with Crippen molar-refractivity contribution in [2.75, 3.05) is 12.0 Å². The molecule has 0 saturated heterocycles. The van der Waals surface area contributed by atoms with E-state index in [1.165, 1.54) is 5.56 Å². The molecule has 0 radical (unpaired) electrons. The van der Waals surface area contributed by atoms with Crippen molar-refractivity contribution in [1.82, 2.24) is 4.98 Å². The van der Waals surface area contributed by atoms with Gasteiger partial charge in [-0.2, -0.15) is 11.8 Å². The van der Waals surface area contributed by atoms with Crippen LogP contribution in [0, 0.1) is 0 Å². The highest BCUT2D eigenvalue weighted by Crippen LogP contribution is 2.09. The fourth-order valence-electron chi connectivity index (χ4n) is 1.59. The van der Waals surface area contributed by atoms with Crippen LogP contribution in [0.4, 0.5) is 0 Å². The molecule has 0 aliphatic carbocycles. The van der Waals surface area contributed by atoms with Crippen LogP contribution in [0.3, 0.4) is 0 Å². The summed E-state index contributed by atoms with van der Waals surface area (Å²) < 4.78 is 0. The Morgan fingerprint density at radius 1 is 1.44 bits per heavy atom. The molecule has 1 heterocycles. The molecule has 1 N–H and O–H groups in total. The number of aliphatic hydroxyl groups excluding tert-OH is 1. The van der Waals surface area contributed by atoms with Crippen molar-refractivity contribution in [3.63, 3.8) is 0 Å². The van der Waals surface area contributed by atoms with Crippen LogP contribution < -0.4 is 0 Å². The Morgan fingerprint density at radius 2 is 2.25 bits per heavy atom. The molecular weight excluding hydrogens is 218 g/mol. The molecule has 1 aromatic rings. The molecule has 0 bridgehead atoms. The smallest absolute Gasteiger partial charge is 0.0595 e. The summed E-state index contributed by atoms with van der Waals surface area (Å²) in [7, 11) is 0. The lowest BCUT2D eigenvalue weighted by Gasteiger charge is -2.09. The maximum Gasteiger partial charge on any atom is 0.0595 e. The van der Waals surface area contributed by atoms with Gasteiger partial charge >= 0.3 is 0 Å². The predicted octanol–water partition coefficient (Wildman–Crippen LogP) is 2.69. The molecule has 0 spiro atoms. The number of aromatic nitrogens is 1. The molecule has 1 aromatic heterocycles. The van der Waals surface area contributed by atoms with Crippen LogP contribution in [0.25, 0.3) is 0 Å². The summed E-state index contributed by atoms with van der Waals surface area (Å²) >= 11 is 1.83. The van der Waals surface area contributed by atoms with Crippen LogP contribution in [0.5, 0.6) is 0 Å². The van der Waals surface area contributed by atoms with Gasteiger partial charge in [0.1, 0.15) is 0 Å². The van der Waals surface area contributed by atoms with Gasteiger partial charge in [0.25, 0.3) is 0 Å². The van der Waals surface area contributed by atoms with E-state index in [1.54, 1.807) is 0 Å². The fourth-order valence-corrected chi connectivity index (χ4v) is 2.05.